The Morgan fingerprint density at radius 2 is 2.16 bits per heavy atom. The minimum Gasteiger partial charge on any atom is -0.448 e. The van der Waals surface area contributed by atoms with Crippen LogP contribution in [0.1, 0.15) is 6.92 Å². The zero-order valence-corrected chi connectivity index (χ0v) is 12.3. The Hall–Kier alpha value is -1.08. The van der Waals surface area contributed by atoms with E-state index in [9.17, 15) is 4.79 Å². The van der Waals surface area contributed by atoms with Crippen molar-refractivity contribution in [2.75, 3.05) is 45.7 Å². The molecular formula is C12H21N3O3S. The molecule has 0 aromatic heterocycles. The molecule has 2 rings (SSSR count). The van der Waals surface area contributed by atoms with E-state index in [0.717, 1.165) is 0 Å². The van der Waals surface area contributed by atoms with Gasteiger partial charge in [-0.3, -0.25) is 0 Å². The third-order valence-corrected chi connectivity index (χ3v) is 4.16. The van der Waals surface area contributed by atoms with E-state index in [0.29, 0.717) is 45.6 Å². The van der Waals surface area contributed by atoms with Crippen LogP contribution in [0.4, 0.5) is 4.79 Å². The minimum absolute atomic E-state index is 0.235. The van der Waals surface area contributed by atoms with Crippen molar-refractivity contribution in [1.82, 2.24) is 14.1 Å². The van der Waals surface area contributed by atoms with Crippen LogP contribution in [0.25, 0.3) is 0 Å². The van der Waals surface area contributed by atoms with Gasteiger partial charge in [-0.2, -0.15) is 0 Å². The van der Waals surface area contributed by atoms with Gasteiger partial charge in [0, 0.05) is 31.7 Å². The van der Waals surface area contributed by atoms with Crippen molar-refractivity contribution in [1.29, 1.82) is 0 Å². The molecule has 0 N–H and O–H groups in total. The molecule has 1 atom stereocenters. The molecule has 2 aliphatic rings. The highest BCUT2D eigenvalue weighted by atomic mass is 32.2. The number of carbonyl (C=O) groups excluding carboxylic acids is 1. The number of rotatable bonds is 4. The van der Waals surface area contributed by atoms with Gasteiger partial charge in [0.1, 0.15) is 12.8 Å². The largest absolute Gasteiger partial charge is 0.448 e. The summed E-state index contributed by atoms with van der Waals surface area (Å²) in [4.78, 5) is 15.6. The van der Waals surface area contributed by atoms with Crippen LogP contribution in [0.2, 0.25) is 0 Å². The van der Waals surface area contributed by atoms with Crippen LogP contribution in [0.15, 0.2) is 12.4 Å². The normalized spacial score (nSPS) is 23.1. The lowest BCUT2D eigenvalue weighted by Crippen LogP contribution is -2.42. The average Bonchev–Trinajstić information content (AvgIpc) is 2.80. The zero-order valence-electron chi connectivity index (χ0n) is 11.4. The summed E-state index contributed by atoms with van der Waals surface area (Å²) in [6, 6.07) is 0. The van der Waals surface area contributed by atoms with Crippen molar-refractivity contribution in [3.63, 3.8) is 0 Å². The molecule has 19 heavy (non-hydrogen) atoms. The summed E-state index contributed by atoms with van der Waals surface area (Å²) >= 11 is 1.68. The minimum atomic E-state index is -0.235. The maximum absolute atomic E-state index is 11.8. The monoisotopic (exact) mass is 287 g/mol. The van der Waals surface area contributed by atoms with E-state index in [4.69, 9.17) is 9.47 Å². The number of hydrogen-bond acceptors (Lipinski definition) is 6. The standard InChI is InChI=1S/C12H21N3O3S/c1-11-13(3-4-15(11)19-2)7-10-18-12(16)14-5-8-17-9-6-14/h3-4,11H,5-10H2,1-2H3. The second-order valence-corrected chi connectivity index (χ2v) is 5.21. The van der Waals surface area contributed by atoms with E-state index < -0.39 is 0 Å². The lowest BCUT2D eigenvalue weighted by Gasteiger charge is -2.29. The van der Waals surface area contributed by atoms with Crippen LogP contribution in [-0.2, 0) is 9.47 Å². The van der Waals surface area contributed by atoms with Crippen molar-refractivity contribution < 1.29 is 14.3 Å². The van der Waals surface area contributed by atoms with E-state index in [-0.39, 0.29) is 6.09 Å². The van der Waals surface area contributed by atoms with Gasteiger partial charge < -0.3 is 23.6 Å². The number of amides is 1. The summed E-state index contributed by atoms with van der Waals surface area (Å²) in [5.41, 5.74) is 0. The van der Waals surface area contributed by atoms with Gasteiger partial charge in [-0.25, -0.2) is 4.79 Å². The molecule has 1 fully saturated rings. The van der Waals surface area contributed by atoms with E-state index in [1.165, 1.54) is 0 Å². The van der Waals surface area contributed by atoms with Gasteiger partial charge in [-0.15, -0.1) is 0 Å². The lowest BCUT2D eigenvalue weighted by atomic mass is 10.4. The van der Waals surface area contributed by atoms with Crippen LogP contribution >= 0.6 is 11.9 Å². The second-order valence-electron chi connectivity index (χ2n) is 4.42. The highest BCUT2D eigenvalue weighted by Crippen LogP contribution is 2.21. The smallest absolute Gasteiger partial charge is 0.409 e. The summed E-state index contributed by atoms with van der Waals surface area (Å²) in [6.45, 7) is 5.70. The predicted octanol–water partition coefficient (Wildman–Crippen LogP) is 1.17. The van der Waals surface area contributed by atoms with Gasteiger partial charge in [0.15, 0.2) is 0 Å². The Bertz CT molecular complexity index is 334. The quantitative estimate of drug-likeness (QED) is 0.723. The van der Waals surface area contributed by atoms with Gasteiger partial charge in [-0.1, -0.05) is 11.9 Å². The molecule has 108 valence electrons. The molecule has 7 heteroatoms. The van der Waals surface area contributed by atoms with Crippen LogP contribution in [-0.4, -0.2) is 72.1 Å². The number of nitrogens with zero attached hydrogens (tertiary/aromatic N) is 3. The SMILES string of the molecule is CSN1C=CN(CCOC(=O)N2CCOCC2)C1C. The van der Waals surface area contributed by atoms with Gasteiger partial charge >= 0.3 is 6.09 Å². The second kappa shape index (κ2) is 6.91. The molecule has 0 aromatic rings. The summed E-state index contributed by atoms with van der Waals surface area (Å²) in [5, 5.41) is 0. The molecule has 0 aliphatic carbocycles. The van der Waals surface area contributed by atoms with Crippen molar-refractivity contribution in [3.8, 4) is 0 Å². The van der Waals surface area contributed by atoms with E-state index >= 15 is 0 Å². The molecule has 2 aliphatic heterocycles. The topological polar surface area (TPSA) is 45.2 Å². The fourth-order valence-corrected chi connectivity index (χ4v) is 2.70. The van der Waals surface area contributed by atoms with Gasteiger partial charge in [0.25, 0.3) is 0 Å². The zero-order chi connectivity index (χ0) is 13.7. The summed E-state index contributed by atoms with van der Waals surface area (Å²) < 4.78 is 12.6. The van der Waals surface area contributed by atoms with Crippen LogP contribution in [0.3, 0.4) is 0 Å². The Labute approximate surface area is 118 Å². The predicted molar refractivity (Wildman–Crippen MR) is 74.4 cm³/mol. The average molecular weight is 287 g/mol. The van der Waals surface area contributed by atoms with Gasteiger partial charge in [-0.05, 0) is 6.92 Å². The molecule has 0 spiro atoms. The first kappa shape index (κ1) is 14.3. The molecule has 0 bridgehead atoms. The summed E-state index contributed by atoms with van der Waals surface area (Å²) in [5.74, 6) is 0. The highest BCUT2D eigenvalue weighted by Gasteiger charge is 2.22. The first-order chi connectivity index (χ1) is 9.22. The van der Waals surface area contributed by atoms with Crippen molar-refractivity contribution in [2.45, 2.75) is 13.1 Å². The van der Waals surface area contributed by atoms with E-state index in [1.807, 2.05) is 18.7 Å². The lowest BCUT2D eigenvalue weighted by molar-refractivity contribution is 0.0247. The number of morpholine rings is 1. The Balaban J connectivity index is 1.66. The maximum Gasteiger partial charge on any atom is 0.409 e. The summed E-state index contributed by atoms with van der Waals surface area (Å²) in [7, 11) is 0. The van der Waals surface area contributed by atoms with Crippen LogP contribution < -0.4 is 0 Å². The fourth-order valence-electron chi connectivity index (χ4n) is 2.10. The number of carbonyl (C=O) groups is 1. The molecule has 0 aromatic carbocycles. The van der Waals surface area contributed by atoms with E-state index in [1.54, 1.807) is 16.8 Å². The van der Waals surface area contributed by atoms with Crippen molar-refractivity contribution in [2.24, 2.45) is 0 Å². The first-order valence-electron chi connectivity index (χ1n) is 6.48. The van der Waals surface area contributed by atoms with Crippen LogP contribution in [0, 0.1) is 0 Å². The molecule has 6 nitrogen and oxygen atoms in total. The van der Waals surface area contributed by atoms with Crippen molar-refractivity contribution in [3.05, 3.63) is 12.4 Å². The number of hydrogen-bond donors (Lipinski definition) is 0. The maximum atomic E-state index is 11.8. The third kappa shape index (κ3) is 3.70. The van der Waals surface area contributed by atoms with Gasteiger partial charge in [0.05, 0.1) is 19.8 Å². The molecule has 0 saturated carbocycles. The molecule has 1 saturated heterocycles. The molecular weight excluding hydrogens is 266 g/mol. The number of ether oxygens (including phenoxy) is 2. The fraction of sp³-hybridized carbons (Fsp3) is 0.750. The first-order valence-corrected chi connectivity index (χ1v) is 7.66. The highest BCUT2D eigenvalue weighted by molar-refractivity contribution is 7.96. The summed E-state index contributed by atoms with van der Waals surface area (Å²) in [6.07, 6.45) is 6.18. The molecule has 1 amide bonds. The molecule has 0 radical (unpaired) electrons. The molecule has 1 unspecified atom stereocenters. The van der Waals surface area contributed by atoms with E-state index in [2.05, 4.69) is 16.1 Å². The Morgan fingerprint density at radius 1 is 1.42 bits per heavy atom. The van der Waals surface area contributed by atoms with Crippen molar-refractivity contribution >= 4 is 18.0 Å². The Morgan fingerprint density at radius 3 is 2.79 bits per heavy atom. The third-order valence-electron chi connectivity index (χ3n) is 3.31. The Kier molecular flexibility index (Phi) is 5.21. The van der Waals surface area contributed by atoms with Gasteiger partial charge in [0.2, 0.25) is 0 Å². The van der Waals surface area contributed by atoms with Crippen LogP contribution in [0.5, 0.6) is 0 Å². The molecule has 2 heterocycles.